The van der Waals surface area contributed by atoms with E-state index in [-0.39, 0.29) is 48.4 Å². The predicted octanol–water partition coefficient (Wildman–Crippen LogP) is 0.283. The Labute approximate surface area is 193 Å². The van der Waals surface area contributed by atoms with Gasteiger partial charge in [-0.3, -0.25) is 23.6 Å². The van der Waals surface area contributed by atoms with Gasteiger partial charge in [-0.2, -0.15) is 4.31 Å². The summed E-state index contributed by atoms with van der Waals surface area (Å²) in [6, 6.07) is 6.69. The number of benzene rings is 1. The maximum absolute atomic E-state index is 13.0. The Morgan fingerprint density at radius 2 is 1.64 bits per heavy atom. The minimum Gasteiger partial charge on any atom is -0.384 e. The van der Waals surface area contributed by atoms with E-state index in [0.29, 0.717) is 13.1 Å². The second-order valence-corrected chi connectivity index (χ2v) is 10.8. The molecule has 1 aliphatic rings. The smallest absolute Gasteiger partial charge is 0.332 e. The fraction of sp³-hybridized carbons (Fsp3) is 0.500. The molecule has 1 aromatic carbocycles. The van der Waals surface area contributed by atoms with Crippen LogP contribution in [0.4, 0.5) is 5.82 Å². The van der Waals surface area contributed by atoms with Crippen molar-refractivity contribution < 1.29 is 13.2 Å². The number of piperazine rings is 1. The fourth-order valence-corrected chi connectivity index (χ4v) is 5.28. The molecule has 2 heterocycles. The van der Waals surface area contributed by atoms with Crippen molar-refractivity contribution in [2.24, 2.45) is 13.0 Å². The minimum absolute atomic E-state index is 0.0856. The highest BCUT2D eigenvalue weighted by Gasteiger charge is 2.30. The third-order valence-corrected chi connectivity index (χ3v) is 7.68. The number of nitrogens with two attached hydrogens (primary N) is 1. The largest absolute Gasteiger partial charge is 0.384 e. The number of rotatable bonds is 7. The number of nitrogens with zero attached hydrogens (tertiary/aromatic N) is 4. The van der Waals surface area contributed by atoms with Gasteiger partial charge in [0, 0.05) is 39.8 Å². The molecule has 2 N–H and O–H groups in total. The molecule has 180 valence electrons. The zero-order chi connectivity index (χ0) is 24.5. The van der Waals surface area contributed by atoms with Crippen LogP contribution in [0.3, 0.4) is 0 Å². The lowest BCUT2D eigenvalue weighted by Gasteiger charge is -2.33. The molecule has 10 nitrogen and oxygen atoms in total. The zero-order valence-corrected chi connectivity index (χ0v) is 20.3. The number of carbonyl (C=O) groups is 1. The lowest BCUT2D eigenvalue weighted by atomic mass is 10.1. The van der Waals surface area contributed by atoms with Crippen LogP contribution in [0.1, 0.15) is 29.8 Å². The molecule has 1 aromatic heterocycles. The van der Waals surface area contributed by atoms with Crippen molar-refractivity contribution in [2.75, 3.05) is 38.5 Å². The van der Waals surface area contributed by atoms with E-state index in [1.165, 1.54) is 15.9 Å². The summed E-state index contributed by atoms with van der Waals surface area (Å²) in [7, 11) is -2.29. The van der Waals surface area contributed by atoms with Crippen molar-refractivity contribution in [3.8, 4) is 0 Å². The molecule has 1 fully saturated rings. The summed E-state index contributed by atoms with van der Waals surface area (Å²) in [5.41, 5.74) is 5.58. The highest BCUT2D eigenvalue weighted by Crippen LogP contribution is 2.18. The van der Waals surface area contributed by atoms with Gasteiger partial charge < -0.3 is 5.73 Å². The zero-order valence-electron chi connectivity index (χ0n) is 19.4. The van der Waals surface area contributed by atoms with Gasteiger partial charge in [-0.25, -0.2) is 13.2 Å². The number of sulfonamides is 1. The molecule has 0 radical (unpaired) electrons. The van der Waals surface area contributed by atoms with E-state index in [2.05, 4.69) is 0 Å². The molecule has 11 heteroatoms. The van der Waals surface area contributed by atoms with E-state index >= 15 is 0 Å². The highest BCUT2D eigenvalue weighted by atomic mass is 32.2. The average molecular weight is 478 g/mol. The maximum Gasteiger partial charge on any atom is 0.332 e. The van der Waals surface area contributed by atoms with Gasteiger partial charge in [0.2, 0.25) is 10.0 Å². The first-order valence-electron chi connectivity index (χ1n) is 10.8. The van der Waals surface area contributed by atoms with Crippen molar-refractivity contribution in [2.45, 2.75) is 32.2 Å². The van der Waals surface area contributed by atoms with E-state index in [1.807, 2.05) is 20.8 Å². The monoisotopic (exact) mass is 477 g/mol. The summed E-state index contributed by atoms with van der Waals surface area (Å²) < 4.78 is 29.3. The Balaban J connectivity index is 1.74. The van der Waals surface area contributed by atoms with E-state index in [0.717, 1.165) is 10.1 Å². The first-order chi connectivity index (χ1) is 15.4. The van der Waals surface area contributed by atoms with Crippen LogP contribution in [-0.4, -0.2) is 65.3 Å². The van der Waals surface area contributed by atoms with Crippen molar-refractivity contribution in [3.63, 3.8) is 0 Å². The summed E-state index contributed by atoms with van der Waals surface area (Å²) in [6.07, 6.45) is 0. The highest BCUT2D eigenvalue weighted by molar-refractivity contribution is 7.89. The number of nitrogen functional groups attached to an aromatic ring is 1. The molecule has 0 atom stereocenters. The molecule has 0 bridgehead atoms. The summed E-state index contributed by atoms with van der Waals surface area (Å²) >= 11 is 0. The molecule has 0 unspecified atom stereocenters. The first kappa shape index (κ1) is 24.9. The van der Waals surface area contributed by atoms with Crippen LogP contribution in [0.25, 0.3) is 0 Å². The van der Waals surface area contributed by atoms with Gasteiger partial charge >= 0.3 is 5.69 Å². The third-order valence-electron chi connectivity index (χ3n) is 5.77. The number of ketones is 1. The van der Waals surface area contributed by atoms with Crippen LogP contribution in [0.15, 0.2) is 38.8 Å². The number of anilines is 1. The number of hydrogen-bond donors (Lipinski definition) is 1. The van der Waals surface area contributed by atoms with Crippen molar-refractivity contribution in [3.05, 3.63) is 56.2 Å². The fourth-order valence-electron chi connectivity index (χ4n) is 3.86. The third kappa shape index (κ3) is 5.10. The molecule has 2 aromatic rings. The maximum atomic E-state index is 13.0. The van der Waals surface area contributed by atoms with Gasteiger partial charge in [0.05, 0.1) is 11.4 Å². The Morgan fingerprint density at radius 3 is 2.18 bits per heavy atom. The number of hydrogen-bond acceptors (Lipinski definition) is 7. The van der Waals surface area contributed by atoms with Crippen molar-refractivity contribution in [1.82, 2.24) is 18.3 Å². The summed E-state index contributed by atoms with van der Waals surface area (Å²) in [4.78, 5) is 40.1. The molecule has 0 spiro atoms. The van der Waals surface area contributed by atoms with Crippen molar-refractivity contribution in [1.29, 1.82) is 0 Å². The van der Waals surface area contributed by atoms with Crippen LogP contribution in [0.5, 0.6) is 0 Å². The number of aromatic nitrogens is 2. The number of carbonyl (C=O) groups excluding carboxylic acids is 1. The molecule has 0 aliphatic carbocycles. The van der Waals surface area contributed by atoms with Crippen LogP contribution in [0, 0.1) is 12.8 Å². The number of aryl methyl sites for hydroxylation is 1. The minimum atomic E-state index is -3.61. The molecular weight excluding hydrogens is 446 g/mol. The van der Waals surface area contributed by atoms with Gasteiger partial charge in [0.15, 0.2) is 5.78 Å². The summed E-state index contributed by atoms with van der Waals surface area (Å²) in [5, 5.41) is 0. The van der Waals surface area contributed by atoms with E-state index in [1.54, 1.807) is 29.2 Å². The lowest BCUT2D eigenvalue weighted by molar-refractivity contribution is 0.0899. The van der Waals surface area contributed by atoms with Gasteiger partial charge in [0.25, 0.3) is 5.56 Å². The van der Waals surface area contributed by atoms with Crippen LogP contribution in [-0.2, 0) is 23.6 Å². The second-order valence-electron chi connectivity index (χ2n) is 8.83. The van der Waals surface area contributed by atoms with Gasteiger partial charge in [-0.05, 0) is 25.0 Å². The van der Waals surface area contributed by atoms with E-state index in [4.69, 9.17) is 5.73 Å². The van der Waals surface area contributed by atoms with Crippen LogP contribution >= 0.6 is 0 Å². The molecule has 3 rings (SSSR count). The molecule has 1 aliphatic heterocycles. The van der Waals surface area contributed by atoms with Crippen LogP contribution < -0.4 is 17.0 Å². The SMILES string of the molecule is Cc1ccc(S(=O)(=O)N2CCN(CC(=O)c3c(N)n(CC(C)C)c(=O)n(C)c3=O)CC2)cc1. The average Bonchev–Trinajstić information content (AvgIpc) is 2.76. The number of Topliss-reactive ketones (excluding diaryl/α,β-unsaturated/α-hetero) is 1. The van der Waals surface area contributed by atoms with E-state index in [9.17, 15) is 22.8 Å². The Hall–Kier alpha value is -2.76. The Kier molecular flexibility index (Phi) is 7.25. The van der Waals surface area contributed by atoms with Gasteiger partial charge in [-0.1, -0.05) is 31.5 Å². The second kappa shape index (κ2) is 9.62. The van der Waals surface area contributed by atoms with Crippen molar-refractivity contribution >= 4 is 21.6 Å². The quantitative estimate of drug-likeness (QED) is 0.568. The molecule has 0 amide bonds. The van der Waals surface area contributed by atoms with Gasteiger partial charge in [-0.15, -0.1) is 0 Å². The predicted molar refractivity (Wildman–Crippen MR) is 126 cm³/mol. The molecule has 1 saturated heterocycles. The first-order valence-corrected chi connectivity index (χ1v) is 12.3. The van der Waals surface area contributed by atoms with Crippen LogP contribution in [0.2, 0.25) is 0 Å². The topological polar surface area (TPSA) is 128 Å². The normalized spacial score (nSPS) is 15.8. The Bertz CT molecular complexity index is 1250. The van der Waals surface area contributed by atoms with E-state index < -0.39 is 27.1 Å². The molecule has 33 heavy (non-hydrogen) atoms. The van der Waals surface area contributed by atoms with Gasteiger partial charge in [0.1, 0.15) is 11.4 Å². The Morgan fingerprint density at radius 1 is 1.06 bits per heavy atom. The standard InChI is InChI=1S/C22H31N5O5S/c1-15(2)13-27-20(23)19(21(29)24(4)22(27)30)18(28)14-25-9-11-26(12-10-25)33(31,32)17-7-5-16(3)6-8-17/h5-8,15H,9-14,23H2,1-4H3. The summed E-state index contributed by atoms with van der Waals surface area (Å²) in [6.45, 7) is 7.03. The summed E-state index contributed by atoms with van der Waals surface area (Å²) in [5.74, 6) is -0.517. The molecular formula is C22H31N5O5S. The molecule has 0 saturated carbocycles. The lowest BCUT2D eigenvalue weighted by Crippen LogP contribution is -2.50.